The predicted octanol–water partition coefficient (Wildman–Crippen LogP) is 3.97. The second-order valence-corrected chi connectivity index (χ2v) is 6.79. The van der Waals surface area contributed by atoms with Crippen molar-refractivity contribution in [3.63, 3.8) is 0 Å². The van der Waals surface area contributed by atoms with Gasteiger partial charge < -0.3 is 10.1 Å². The maximum absolute atomic E-state index is 12.3. The van der Waals surface area contributed by atoms with Gasteiger partial charge in [-0.25, -0.2) is 4.98 Å². The Morgan fingerprint density at radius 3 is 2.88 bits per heavy atom. The van der Waals surface area contributed by atoms with Crippen molar-refractivity contribution < 1.29 is 14.5 Å². The van der Waals surface area contributed by atoms with E-state index in [0.29, 0.717) is 11.4 Å². The minimum atomic E-state index is -0.525. The standard InChI is InChI=1S/C16H13N3O4S2/c1-23-13-5-4-11(19(21)22)8-12(13)18-15(20)7-10-9-25-16(17-10)14-3-2-6-24-14/h2-6,8-9H,7H2,1H3,(H,18,20). The van der Waals surface area contributed by atoms with Crippen LogP contribution in [-0.4, -0.2) is 22.9 Å². The fraction of sp³-hybridized carbons (Fsp3) is 0.125. The molecule has 0 radical (unpaired) electrons. The van der Waals surface area contributed by atoms with Crippen molar-refractivity contribution in [2.24, 2.45) is 0 Å². The van der Waals surface area contributed by atoms with Crippen molar-refractivity contribution in [1.82, 2.24) is 4.98 Å². The molecule has 0 fully saturated rings. The number of benzene rings is 1. The molecule has 1 aromatic carbocycles. The lowest BCUT2D eigenvalue weighted by atomic mass is 10.2. The van der Waals surface area contributed by atoms with Crippen LogP contribution in [-0.2, 0) is 11.2 Å². The Balaban J connectivity index is 1.72. The summed E-state index contributed by atoms with van der Waals surface area (Å²) in [5, 5.41) is 18.2. The Kier molecular flexibility index (Phi) is 5.05. The molecule has 3 rings (SSSR count). The van der Waals surface area contributed by atoms with Gasteiger partial charge in [0.05, 0.1) is 34.7 Å². The first kappa shape index (κ1) is 17.1. The zero-order valence-corrected chi connectivity index (χ0v) is 14.7. The van der Waals surface area contributed by atoms with Crippen LogP contribution >= 0.6 is 22.7 Å². The molecule has 7 nitrogen and oxygen atoms in total. The number of anilines is 1. The third-order valence-corrected chi connectivity index (χ3v) is 5.22. The fourth-order valence-corrected chi connectivity index (χ4v) is 3.80. The van der Waals surface area contributed by atoms with E-state index in [1.165, 1.54) is 36.6 Å². The van der Waals surface area contributed by atoms with E-state index in [2.05, 4.69) is 10.3 Å². The van der Waals surface area contributed by atoms with E-state index in [-0.39, 0.29) is 23.7 Å². The average molecular weight is 375 g/mol. The van der Waals surface area contributed by atoms with Crippen LogP contribution in [0.25, 0.3) is 9.88 Å². The molecule has 0 saturated carbocycles. The molecule has 1 N–H and O–H groups in total. The van der Waals surface area contributed by atoms with Gasteiger partial charge in [0.25, 0.3) is 5.69 Å². The van der Waals surface area contributed by atoms with Gasteiger partial charge in [-0.15, -0.1) is 22.7 Å². The number of thiazole rings is 1. The molecular weight excluding hydrogens is 362 g/mol. The summed E-state index contributed by atoms with van der Waals surface area (Å²) in [6.45, 7) is 0. The second-order valence-electron chi connectivity index (χ2n) is 4.99. The van der Waals surface area contributed by atoms with E-state index >= 15 is 0 Å². The van der Waals surface area contributed by atoms with Crippen molar-refractivity contribution >= 4 is 40.0 Å². The molecule has 2 heterocycles. The zero-order chi connectivity index (χ0) is 17.8. The van der Waals surface area contributed by atoms with E-state index in [9.17, 15) is 14.9 Å². The number of methoxy groups -OCH3 is 1. The number of rotatable bonds is 6. The number of ether oxygens (including phenoxy) is 1. The van der Waals surface area contributed by atoms with Gasteiger partial charge in [0.1, 0.15) is 10.8 Å². The fourth-order valence-electron chi connectivity index (χ4n) is 2.17. The van der Waals surface area contributed by atoms with Gasteiger partial charge in [-0.1, -0.05) is 6.07 Å². The van der Waals surface area contributed by atoms with Crippen LogP contribution in [0.2, 0.25) is 0 Å². The number of hydrogen-bond acceptors (Lipinski definition) is 7. The number of aromatic nitrogens is 1. The smallest absolute Gasteiger partial charge is 0.271 e. The van der Waals surface area contributed by atoms with Gasteiger partial charge in [0, 0.05) is 17.5 Å². The molecule has 0 bridgehead atoms. The van der Waals surface area contributed by atoms with Gasteiger partial charge in [-0.3, -0.25) is 14.9 Å². The molecule has 9 heteroatoms. The number of hydrogen-bond donors (Lipinski definition) is 1. The summed E-state index contributed by atoms with van der Waals surface area (Å²) in [5.74, 6) is 0.0401. The molecule has 128 valence electrons. The first-order valence-corrected chi connectivity index (χ1v) is 8.93. The van der Waals surface area contributed by atoms with Crippen LogP contribution in [0, 0.1) is 10.1 Å². The number of nitrogens with one attached hydrogen (secondary N) is 1. The monoisotopic (exact) mass is 375 g/mol. The number of thiophene rings is 1. The third kappa shape index (κ3) is 4.01. The highest BCUT2D eigenvalue weighted by Gasteiger charge is 2.15. The Bertz CT molecular complexity index is 906. The van der Waals surface area contributed by atoms with Gasteiger partial charge in [0.15, 0.2) is 0 Å². The highest BCUT2D eigenvalue weighted by molar-refractivity contribution is 7.20. The lowest BCUT2D eigenvalue weighted by molar-refractivity contribution is -0.384. The maximum atomic E-state index is 12.3. The molecule has 2 aromatic heterocycles. The number of carbonyl (C=O) groups excluding carboxylic acids is 1. The highest BCUT2D eigenvalue weighted by Crippen LogP contribution is 2.30. The second kappa shape index (κ2) is 7.41. The molecule has 0 aliphatic carbocycles. The number of non-ortho nitro benzene ring substituents is 1. The van der Waals surface area contributed by atoms with Crippen LogP contribution in [0.15, 0.2) is 41.1 Å². The van der Waals surface area contributed by atoms with Crippen molar-refractivity contribution in [1.29, 1.82) is 0 Å². The van der Waals surface area contributed by atoms with Gasteiger partial charge in [0.2, 0.25) is 5.91 Å². The normalized spacial score (nSPS) is 10.4. The molecule has 0 unspecified atom stereocenters. The Morgan fingerprint density at radius 2 is 2.20 bits per heavy atom. The van der Waals surface area contributed by atoms with Gasteiger partial charge >= 0.3 is 0 Å². The Labute approximate surface area is 151 Å². The largest absolute Gasteiger partial charge is 0.495 e. The SMILES string of the molecule is COc1ccc([N+](=O)[O-])cc1NC(=O)Cc1csc(-c2cccs2)n1. The predicted molar refractivity (Wildman–Crippen MR) is 97.4 cm³/mol. The van der Waals surface area contributed by atoms with E-state index in [4.69, 9.17) is 4.74 Å². The van der Waals surface area contributed by atoms with Crippen molar-refractivity contribution in [3.8, 4) is 15.6 Å². The lowest BCUT2D eigenvalue weighted by Gasteiger charge is -2.09. The van der Waals surface area contributed by atoms with E-state index < -0.39 is 4.92 Å². The first-order valence-electron chi connectivity index (χ1n) is 7.17. The molecule has 0 aliphatic rings. The summed E-state index contributed by atoms with van der Waals surface area (Å²) in [6.07, 6.45) is 0.0771. The molecule has 25 heavy (non-hydrogen) atoms. The number of nitrogens with zero attached hydrogens (tertiary/aromatic N) is 2. The summed E-state index contributed by atoms with van der Waals surface area (Å²) in [4.78, 5) is 28.1. The van der Waals surface area contributed by atoms with Crippen LogP contribution in [0.4, 0.5) is 11.4 Å². The molecular formula is C16H13N3O4S2. The highest BCUT2D eigenvalue weighted by atomic mass is 32.1. The number of nitro groups is 1. The van der Waals surface area contributed by atoms with Crippen LogP contribution in [0.5, 0.6) is 5.75 Å². The minimum absolute atomic E-state index is 0.0771. The first-order chi connectivity index (χ1) is 12.1. The maximum Gasteiger partial charge on any atom is 0.271 e. The molecule has 0 aliphatic heterocycles. The Morgan fingerprint density at radius 1 is 1.36 bits per heavy atom. The van der Waals surface area contributed by atoms with E-state index in [1.807, 2.05) is 22.9 Å². The van der Waals surface area contributed by atoms with Crippen LogP contribution in [0.3, 0.4) is 0 Å². The third-order valence-electron chi connectivity index (χ3n) is 3.29. The molecule has 0 atom stereocenters. The average Bonchev–Trinajstić information content (AvgIpc) is 3.25. The summed E-state index contributed by atoms with van der Waals surface area (Å²) in [6, 6.07) is 7.96. The van der Waals surface area contributed by atoms with Crippen LogP contribution in [0.1, 0.15) is 5.69 Å². The number of nitro benzene ring substituents is 1. The van der Waals surface area contributed by atoms with Gasteiger partial charge in [-0.05, 0) is 17.5 Å². The van der Waals surface area contributed by atoms with E-state index in [0.717, 1.165) is 9.88 Å². The number of carbonyl (C=O) groups is 1. The summed E-state index contributed by atoms with van der Waals surface area (Å²) >= 11 is 3.06. The minimum Gasteiger partial charge on any atom is -0.495 e. The zero-order valence-electron chi connectivity index (χ0n) is 13.1. The van der Waals surface area contributed by atoms with Gasteiger partial charge in [-0.2, -0.15) is 0 Å². The Hall–Kier alpha value is -2.78. The summed E-state index contributed by atoms with van der Waals surface area (Å²) < 4.78 is 5.13. The molecule has 1 amide bonds. The quantitative estimate of drug-likeness (QED) is 0.520. The lowest BCUT2D eigenvalue weighted by Crippen LogP contribution is -2.15. The van der Waals surface area contributed by atoms with Crippen molar-refractivity contribution in [3.05, 3.63) is 56.9 Å². The van der Waals surface area contributed by atoms with Crippen LogP contribution < -0.4 is 10.1 Å². The summed E-state index contributed by atoms with van der Waals surface area (Å²) in [7, 11) is 1.44. The number of amides is 1. The van der Waals surface area contributed by atoms with Crippen molar-refractivity contribution in [2.75, 3.05) is 12.4 Å². The molecule has 0 saturated heterocycles. The topological polar surface area (TPSA) is 94.4 Å². The summed E-state index contributed by atoms with van der Waals surface area (Å²) in [5.41, 5.74) is 0.787. The van der Waals surface area contributed by atoms with Crippen molar-refractivity contribution in [2.45, 2.75) is 6.42 Å². The van der Waals surface area contributed by atoms with E-state index in [1.54, 1.807) is 11.3 Å². The molecule has 3 aromatic rings. The molecule has 0 spiro atoms.